The summed E-state index contributed by atoms with van der Waals surface area (Å²) < 4.78 is 25.9. The smallest absolute Gasteiger partial charge is 0.303 e. The van der Waals surface area contributed by atoms with Gasteiger partial charge in [0.15, 0.2) is 0 Å². The second kappa shape index (κ2) is 3.96. The fourth-order valence-corrected chi connectivity index (χ4v) is 1.29. The predicted octanol–water partition coefficient (Wildman–Crippen LogP) is 1.85. The molecule has 1 aromatic heterocycles. The van der Waals surface area contributed by atoms with Crippen LogP contribution in [-0.4, -0.2) is 21.0 Å². The van der Waals surface area contributed by atoms with Crippen LogP contribution < -0.4 is 0 Å². The molecule has 0 bridgehead atoms. The molecule has 0 amide bonds. The number of carbonyl (C=O) groups is 1. The van der Waals surface area contributed by atoms with E-state index in [9.17, 15) is 13.6 Å². The second-order valence-corrected chi connectivity index (χ2v) is 3.44. The highest BCUT2D eigenvalue weighted by Crippen LogP contribution is 2.27. The summed E-state index contributed by atoms with van der Waals surface area (Å²) >= 11 is 0. The van der Waals surface area contributed by atoms with E-state index >= 15 is 0 Å². The number of nitrogens with one attached hydrogen (secondary N) is 1. The number of aryl methyl sites for hydroxylation is 2. The molecule has 0 unspecified atom stereocenters. The molecule has 0 aliphatic heterocycles. The first-order chi connectivity index (χ1) is 6.80. The normalized spacial score (nSPS) is 11.7. The number of alkyl halides is 2. The van der Waals surface area contributed by atoms with Crippen molar-refractivity contribution in [1.29, 1.82) is 0 Å². The number of carboxylic acids is 1. The van der Waals surface area contributed by atoms with Crippen molar-refractivity contribution >= 4 is 5.97 Å². The zero-order chi connectivity index (χ0) is 11.6. The number of hydrogen-bond acceptors (Lipinski definition) is 2. The molecule has 6 heteroatoms. The molecule has 0 fully saturated rings. The Hall–Kier alpha value is -1.46. The maximum absolute atomic E-state index is 12.9. The Morgan fingerprint density at radius 2 is 2.20 bits per heavy atom. The average Bonchev–Trinajstić information content (AvgIpc) is 2.42. The van der Waals surface area contributed by atoms with Gasteiger partial charge in [0.25, 0.3) is 5.92 Å². The first-order valence-electron chi connectivity index (χ1n) is 4.46. The highest BCUT2D eigenvalue weighted by atomic mass is 19.3. The zero-order valence-corrected chi connectivity index (χ0v) is 8.47. The third-order valence-corrected chi connectivity index (χ3v) is 1.93. The number of carboxylic acid groups (broad SMARTS) is 1. The number of rotatable bonds is 4. The van der Waals surface area contributed by atoms with E-state index in [-0.39, 0.29) is 30.1 Å². The van der Waals surface area contributed by atoms with Crippen LogP contribution in [0.5, 0.6) is 0 Å². The molecule has 0 spiro atoms. The van der Waals surface area contributed by atoms with Gasteiger partial charge in [0.2, 0.25) is 0 Å². The number of imidazole rings is 1. The van der Waals surface area contributed by atoms with Crippen molar-refractivity contribution in [3.8, 4) is 0 Å². The van der Waals surface area contributed by atoms with Crippen molar-refractivity contribution in [2.45, 2.75) is 32.6 Å². The minimum Gasteiger partial charge on any atom is -0.481 e. The van der Waals surface area contributed by atoms with Crippen molar-refractivity contribution in [3.63, 3.8) is 0 Å². The van der Waals surface area contributed by atoms with E-state index < -0.39 is 11.9 Å². The Bertz CT molecular complexity index is 369. The lowest BCUT2D eigenvalue weighted by Gasteiger charge is -2.06. The highest BCUT2D eigenvalue weighted by molar-refractivity contribution is 5.66. The molecular formula is C9H12F2N2O2. The Morgan fingerprint density at radius 1 is 1.60 bits per heavy atom. The summed E-state index contributed by atoms with van der Waals surface area (Å²) in [5.41, 5.74) is -0.0363. The summed E-state index contributed by atoms with van der Waals surface area (Å²) in [4.78, 5) is 16.6. The largest absolute Gasteiger partial charge is 0.481 e. The van der Waals surface area contributed by atoms with Gasteiger partial charge in [0.1, 0.15) is 11.5 Å². The summed E-state index contributed by atoms with van der Waals surface area (Å²) in [6, 6.07) is 0. The Balaban J connectivity index is 2.82. The van der Waals surface area contributed by atoms with E-state index in [0.717, 1.165) is 6.92 Å². The maximum atomic E-state index is 12.9. The second-order valence-electron chi connectivity index (χ2n) is 3.44. The summed E-state index contributed by atoms with van der Waals surface area (Å²) in [6.45, 7) is 2.25. The van der Waals surface area contributed by atoms with Crippen LogP contribution in [0.2, 0.25) is 0 Å². The van der Waals surface area contributed by atoms with Gasteiger partial charge < -0.3 is 10.1 Å². The third kappa shape index (κ3) is 3.00. The molecule has 0 radical (unpaired) electrons. The lowest BCUT2D eigenvalue weighted by molar-refractivity contribution is -0.137. The number of nitrogens with zero attached hydrogens (tertiary/aromatic N) is 1. The van der Waals surface area contributed by atoms with Gasteiger partial charge in [-0.1, -0.05) is 0 Å². The molecule has 0 aliphatic rings. The lowest BCUT2D eigenvalue weighted by atomic mass is 10.2. The van der Waals surface area contributed by atoms with E-state index in [2.05, 4.69) is 9.97 Å². The number of H-pyrrole nitrogens is 1. The average molecular weight is 218 g/mol. The van der Waals surface area contributed by atoms with Crippen molar-refractivity contribution in [1.82, 2.24) is 9.97 Å². The van der Waals surface area contributed by atoms with Gasteiger partial charge in [-0.25, -0.2) is 4.98 Å². The maximum Gasteiger partial charge on any atom is 0.303 e. The van der Waals surface area contributed by atoms with Gasteiger partial charge in [-0.05, 0) is 6.92 Å². The Labute approximate surface area is 85.3 Å². The highest BCUT2D eigenvalue weighted by Gasteiger charge is 2.30. The van der Waals surface area contributed by atoms with Crippen LogP contribution in [0.1, 0.15) is 30.6 Å². The third-order valence-electron chi connectivity index (χ3n) is 1.93. The van der Waals surface area contributed by atoms with Gasteiger partial charge in [0.05, 0.1) is 6.42 Å². The monoisotopic (exact) mass is 218 g/mol. The minimum atomic E-state index is -3.00. The van der Waals surface area contributed by atoms with E-state index in [1.54, 1.807) is 0 Å². The van der Waals surface area contributed by atoms with E-state index in [4.69, 9.17) is 5.11 Å². The molecule has 1 aromatic rings. The molecule has 4 nitrogen and oxygen atoms in total. The van der Waals surface area contributed by atoms with Gasteiger partial charge in [-0.15, -0.1) is 0 Å². The number of aromatic amines is 1. The summed E-state index contributed by atoms with van der Waals surface area (Å²) in [5.74, 6) is -3.69. The SMILES string of the molecule is Cc1[nH]c(CCC(=O)O)nc1C(C)(F)F. The first-order valence-corrected chi connectivity index (χ1v) is 4.46. The van der Waals surface area contributed by atoms with Gasteiger partial charge in [-0.2, -0.15) is 8.78 Å². The number of hydrogen-bond donors (Lipinski definition) is 2. The molecule has 1 rings (SSSR count). The predicted molar refractivity (Wildman–Crippen MR) is 48.8 cm³/mol. The van der Waals surface area contributed by atoms with Gasteiger partial charge in [-0.3, -0.25) is 4.79 Å². The summed E-state index contributed by atoms with van der Waals surface area (Å²) in [7, 11) is 0. The standard InChI is InChI=1S/C9H12F2N2O2/c1-5-8(9(2,10)11)13-6(12-5)3-4-7(14)15/h3-4H2,1-2H3,(H,12,13)(H,14,15). The molecule has 0 aromatic carbocycles. The van der Waals surface area contributed by atoms with Crippen molar-refractivity contribution < 1.29 is 18.7 Å². The summed E-state index contributed by atoms with van der Waals surface area (Å²) in [5, 5.41) is 8.42. The van der Waals surface area contributed by atoms with E-state index in [1.807, 2.05) is 0 Å². The molecule has 2 N–H and O–H groups in total. The van der Waals surface area contributed by atoms with Crippen LogP contribution in [0, 0.1) is 6.92 Å². The quantitative estimate of drug-likeness (QED) is 0.810. The van der Waals surface area contributed by atoms with Gasteiger partial charge >= 0.3 is 5.97 Å². The lowest BCUT2D eigenvalue weighted by Crippen LogP contribution is -2.09. The molecule has 84 valence electrons. The molecule has 0 atom stereocenters. The Morgan fingerprint density at radius 3 is 2.60 bits per heavy atom. The molecule has 0 saturated heterocycles. The Kier molecular flexibility index (Phi) is 3.06. The topological polar surface area (TPSA) is 66.0 Å². The van der Waals surface area contributed by atoms with E-state index in [0.29, 0.717) is 0 Å². The fourth-order valence-electron chi connectivity index (χ4n) is 1.29. The molecule has 0 saturated carbocycles. The number of aliphatic carboxylic acids is 1. The minimum absolute atomic E-state index is 0.123. The van der Waals surface area contributed by atoms with Crippen molar-refractivity contribution in [2.24, 2.45) is 0 Å². The van der Waals surface area contributed by atoms with Crippen LogP contribution in [-0.2, 0) is 17.1 Å². The number of aromatic nitrogens is 2. The molecular weight excluding hydrogens is 206 g/mol. The van der Waals surface area contributed by atoms with Crippen LogP contribution in [0.15, 0.2) is 0 Å². The van der Waals surface area contributed by atoms with E-state index in [1.165, 1.54) is 6.92 Å². The van der Waals surface area contributed by atoms with Crippen LogP contribution in [0.25, 0.3) is 0 Å². The molecule has 1 heterocycles. The fraction of sp³-hybridized carbons (Fsp3) is 0.556. The van der Waals surface area contributed by atoms with Gasteiger partial charge in [0, 0.05) is 19.0 Å². The number of halogens is 2. The van der Waals surface area contributed by atoms with Crippen molar-refractivity contribution in [2.75, 3.05) is 0 Å². The van der Waals surface area contributed by atoms with Crippen LogP contribution >= 0.6 is 0 Å². The van der Waals surface area contributed by atoms with Crippen molar-refractivity contribution in [3.05, 3.63) is 17.2 Å². The molecule has 15 heavy (non-hydrogen) atoms. The first kappa shape index (κ1) is 11.6. The van der Waals surface area contributed by atoms with Crippen LogP contribution in [0.4, 0.5) is 8.78 Å². The molecule has 0 aliphatic carbocycles. The summed E-state index contributed by atoms with van der Waals surface area (Å²) in [6.07, 6.45) is 0.00787. The zero-order valence-electron chi connectivity index (χ0n) is 8.47. The van der Waals surface area contributed by atoms with Crippen LogP contribution in [0.3, 0.4) is 0 Å².